The summed E-state index contributed by atoms with van der Waals surface area (Å²) < 4.78 is 4.85. The Bertz CT molecular complexity index is 643. The van der Waals surface area contributed by atoms with Crippen molar-refractivity contribution in [2.24, 2.45) is 0 Å². The highest BCUT2D eigenvalue weighted by Crippen LogP contribution is 2.33. The second-order valence-electron chi connectivity index (χ2n) is 4.98. The molecule has 1 N–H and O–H groups in total. The molecule has 98 valence electrons. The average Bonchev–Trinajstić information content (AvgIpc) is 2.89. The van der Waals surface area contributed by atoms with Gasteiger partial charge in [0.1, 0.15) is 5.69 Å². The number of carboxylic acid groups (broad SMARTS) is 1. The predicted molar refractivity (Wildman–Crippen MR) is 70.3 cm³/mol. The van der Waals surface area contributed by atoms with Crippen molar-refractivity contribution in [1.82, 2.24) is 5.16 Å². The summed E-state index contributed by atoms with van der Waals surface area (Å²) in [6.07, 6.45) is 4.52. The van der Waals surface area contributed by atoms with Gasteiger partial charge in [0.2, 0.25) is 5.76 Å². The van der Waals surface area contributed by atoms with Crippen molar-refractivity contribution >= 4 is 5.97 Å². The van der Waals surface area contributed by atoms with Gasteiger partial charge in [-0.25, -0.2) is 4.79 Å². The van der Waals surface area contributed by atoms with Crippen LogP contribution in [0.4, 0.5) is 0 Å². The minimum atomic E-state index is -1.08. The Morgan fingerprint density at radius 3 is 2.68 bits per heavy atom. The van der Waals surface area contributed by atoms with Crippen molar-refractivity contribution < 1.29 is 14.4 Å². The summed E-state index contributed by atoms with van der Waals surface area (Å²) in [7, 11) is 0. The summed E-state index contributed by atoms with van der Waals surface area (Å²) in [6.45, 7) is 2.12. The Labute approximate surface area is 111 Å². The van der Waals surface area contributed by atoms with E-state index in [9.17, 15) is 4.79 Å². The Balaban J connectivity index is 2.11. The van der Waals surface area contributed by atoms with Gasteiger partial charge in [0.25, 0.3) is 0 Å². The topological polar surface area (TPSA) is 63.3 Å². The van der Waals surface area contributed by atoms with Gasteiger partial charge in [0.05, 0.1) is 0 Å². The molecule has 19 heavy (non-hydrogen) atoms. The van der Waals surface area contributed by atoms with E-state index in [1.165, 1.54) is 35.6 Å². The maximum atomic E-state index is 10.9. The first-order chi connectivity index (χ1) is 9.16. The number of carbonyl (C=O) groups is 1. The van der Waals surface area contributed by atoms with E-state index in [0.29, 0.717) is 5.69 Å². The largest absolute Gasteiger partial charge is 0.475 e. The monoisotopic (exact) mass is 257 g/mol. The first-order valence-corrected chi connectivity index (χ1v) is 6.48. The number of nitrogens with zero attached hydrogens (tertiary/aromatic N) is 1. The van der Waals surface area contributed by atoms with Gasteiger partial charge >= 0.3 is 5.97 Å². The second kappa shape index (κ2) is 4.53. The predicted octanol–water partition coefficient (Wildman–Crippen LogP) is 3.23. The van der Waals surface area contributed by atoms with Crippen molar-refractivity contribution in [3.63, 3.8) is 0 Å². The number of rotatable bonds is 2. The lowest BCUT2D eigenvalue weighted by Crippen LogP contribution is -2.06. The first-order valence-electron chi connectivity index (χ1n) is 6.48. The summed E-state index contributed by atoms with van der Waals surface area (Å²) in [6, 6.07) is 5.60. The fraction of sp³-hybridized carbons (Fsp3) is 0.333. The zero-order valence-corrected chi connectivity index (χ0v) is 10.8. The Kier molecular flexibility index (Phi) is 2.85. The molecule has 4 nitrogen and oxygen atoms in total. The summed E-state index contributed by atoms with van der Waals surface area (Å²) in [5.41, 5.74) is 5.63. The normalized spacial score (nSPS) is 14.2. The number of benzene rings is 1. The molecule has 0 fully saturated rings. The van der Waals surface area contributed by atoms with Crippen LogP contribution in [0, 0.1) is 6.92 Å². The molecule has 1 aliphatic carbocycles. The smallest absolute Gasteiger partial charge is 0.374 e. The third-order valence-corrected chi connectivity index (χ3v) is 3.77. The van der Waals surface area contributed by atoms with Crippen molar-refractivity contribution in [3.05, 3.63) is 40.6 Å². The molecule has 0 bridgehead atoms. The van der Waals surface area contributed by atoms with Crippen LogP contribution in [0.15, 0.2) is 22.7 Å². The van der Waals surface area contributed by atoms with Gasteiger partial charge in [-0.1, -0.05) is 17.3 Å². The molecule has 1 aromatic carbocycles. The van der Waals surface area contributed by atoms with Crippen molar-refractivity contribution in [3.8, 4) is 11.3 Å². The zero-order valence-electron chi connectivity index (χ0n) is 10.8. The van der Waals surface area contributed by atoms with Crippen LogP contribution in [0.25, 0.3) is 11.3 Å². The van der Waals surface area contributed by atoms with E-state index in [4.69, 9.17) is 9.63 Å². The molecule has 0 aliphatic heterocycles. The van der Waals surface area contributed by atoms with E-state index in [-0.39, 0.29) is 5.76 Å². The van der Waals surface area contributed by atoms with Gasteiger partial charge in [-0.2, -0.15) is 0 Å². The summed E-state index contributed by atoms with van der Waals surface area (Å²) in [5, 5.41) is 12.8. The van der Waals surface area contributed by atoms with Crippen LogP contribution in [-0.2, 0) is 12.8 Å². The molecule has 4 heteroatoms. The quantitative estimate of drug-likeness (QED) is 0.897. The zero-order chi connectivity index (χ0) is 13.4. The molecule has 0 saturated heterocycles. The molecule has 0 atom stereocenters. The van der Waals surface area contributed by atoms with Crippen LogP contribution in [-0.4, -0.2) is 16.2 Å². The molecule has 1 aromatic heterocycles. The number of aromatic nitrogens is 1. The molecule has 0 amide bonds. The van der Waals surface area contributed by atoms with Crippen LogP contribution < -0.4 is 0 Å². The van der Waals surface area contributed by atoms with Crippen LogP contribution in [0.5, 0.6) is 0 Å². The summed E-state index contributed by atoms with van der Waals surface area (Å²) in [5.74, 6) is -1.19. The van der Waals surface area contributed by atoms with Gasteiger partial charge in [0.15, 0.2) is 0 Å². The Morgan fingerprint density at radius 2 is 2.00 bits per heavy atom. The first kappa shape index (κ1) is 12.0. The molecule has 2 aromatic rings. The van der Waals surface area contributed by atoms with Gasteiger partial charge < -0.3 is 9.63 Å². The summed E-state index contributed by atoms with van der Waals surface area (Å²) in [4.78, 5) is 10.9. The fourth-order valence-corrected chi connectivity index (χ4v) is 2.79. The molecule has 3 rings (SSSR count). The fourth-order valence-electron chi connectivity index (χ4n) is 2.79. The minimum absolute atomic E-state index is 0.111. The lowest BCUT2D eigenvalue weighted by Gasteiger charge is -2.20. The third-order valence-electron chi connectivity index (χ3n) is 3.77. The molecule has 1 aliphatic rings. The number of aromatic carboxylic acids is 1. The second-order valence-corrected chi connectivity index (χ2v) is 4.98. The molecular formula is C15H15NO3. The van der Waals surface area contributed by atoms with Crippen LogP contribution >= 0.6 is 0 Å². The Hall–Kier alpha value is -2.10. The number of fused-ring (bicyclic) bond motifs is 1. The molecule has 0 unspecified atom stereocenters. The lowest BCUT2D eigenvalue weighted by atomic mass is 9.84. The van der Waals surface area contributed by atoms with E-state index >= 15 is 0 Å². The number of hydrogen-bond donors (Lipinski definition) is 1. The molecule has 0 radical (unpaired) electrons. The SMILES string of the molecule is Cc1ccc(-c2cc(C(=O)O)on2)c2c1CCCC2. The van der Waals surface area contributed by atoms with Crippen molar-refractivity contribution in [2.75, 3.05) is 0 Å². The minimum Gasteiger partial charge on any atom is -0.475 e. The maximum absolute atomic E-state index is 10.9. The molecule has 0 saturated carbocycles. The number of hydrogen-bond acceptors (Lipinski definition) is 3. The lowest BCUT2D eigenvalue weighted by molar-refractivity contribution is 0.0652. The highest BCUT2D eigenvalue weighted by atomic mass is 16.5. The third kappa shape index (κ3) is 2.03. The number of aryl methyl sites for hydroxylation is 1. The summed E-state index contributed by atoms with van der Waals surface area (Å²) >= 11 is 0. The van der Waals surface area contributed by atoms with Gasteiger partial charge in [-0.3, -0.25) is 0 Å². The van der Waals surface area contributed by atoms with E-state index in [2.05, 4.69) is 18.1 Å². The van der Waals surface area contributed by atoms with Gasteiger partial charge in [-0.15, -0.1) is 0 Å². The van der Waals surface area contributed by atoms with Crippen LogP contribution in [0.2, 0.25) is 0 Å². The van der Waals surface area contributed by atoms with Crippen LogP contribution in [0.3, 0.4) is 0 Å². The van der Waals surface area contributed by atoms with Crippen molar-refractivity contribution in [1.29, 1.82) is 0 Å². The maximum Gasteiger partial charge on any atom is 0.374 e. The van der Waals surface area contributed by atoms with Gasteiger partial charge in [0, 0.05) is 11.6 Å². The van der Waals surface area contributed by atoms with Gasteiger partial charge in [-0.05, 0) is 49.3 Å². The highest BCUT2D eigenvalue weighted by Gasteiger charge is 2.19. The number of carboxylic acids is 1. The van der Waals surface area contributed by atoms with E-state index in [1.807, 2.05) is 6.07 Å². The molecular weight excluding hydrogens is 242 g/mol. The van der Waals surface area contributed by atoms with Crippen LogP contribution in [0.1, 0.15) is 40.1 Å². The van der Waals surface area contributed by atoms with E-state index in [0.717, 1.165) is 18.4 Å². The van der Waals surface area contributed by atoms with E-state index < -0.39 is 5.97 Å². The standard InChI is InChI=1S/C15H15NO3/c1-9-6-7-12(11-5-3-2-4-10(9)11)13-8-14(15(17)18)19-16-13/h6-8H,2-5H2,1H3,(H,17,18). The molecule has 1 heterocycles. The Morgan fingerprint density at radius 1 is 1.26 bits per heavy atom. The highest BCUT2D eigenvalue weighted by molar-refractivity contribution is 5.86. The van der Waals surface area contributed by atoms with E-state index in [1.54, 1.807) is 0 Å². The average molecular weight is 257 g/mol. The van der Waals surface area contributed by atoms with Crippen molar-refractivity contribution in [2.45, 2.75) is 32.6 Å². The molecule has 0 spiro atoms.